The first-order chi connectivity index (χ1) is 10.2. The van der Waals surface area contributed by atoms with Gasteiger partial charge < -0.3 is 15.7 Å². The normalized spacial score (nSPS) is 18.1. The lowest BCUT2D eigenvalue weighted by Gasteiger charge is -2.13. The minimum Gasteiger partial charge on any atom is -0.392 e. The molecular formula is C16H19N3O2. The summed E-state index contributed by atoms with van der Waals surface area (Å²) in [5.74, 6) is 0.0451. The summed E-state index contributed by atoms with van der Waals surface area (Å²) in [5.41, 5.74) is 3.11. The van der Waals surface area contributed by atoms with E-state index in [0.717, 1.165) is 41.7 Å². The number of carbonyl (C=O) groups excluding carboxylic acids is 1. The largest absolute Gasteiger partial charge is 0.392 e. The van der Waals surface area contributed by atoms with Gasteiger partial charge in [-0.2, -0.15) is 0 Å². The van der Waals surface area contributed by atoms with Crippen LogP contribution in [0.2, 0.25) is 0 Å². The van der Waals surface area contributed by atoms with Crippen LogP contribution in [0.3, 0.4) is 0 Å². The van der Waals surface area contributed by atoms with Gasteiger partial charge in [-0.05, 0) is 37.6 Å². The average Bonchev–Trinajstić information content (AvgIpc) is 3.01. The molecule has 1 aromatic carbocycles. The zero-order valence-electron chi connectivity index (χ0n) is 12.0. The predicted octanol–water partition coefficient (Wildman–Crippen LogP) is 1.58. The Morgan fingerprint density at radius 1 is 1.52 bits per heavy atom. The number of para-hydroxylation sites is 1. The van der Waals surface area contributed by atoms with Gasteiger partial charge in [0.15, 0.2) is 0 Å². The van der Waals surface area contributed by atoms with E-state index in [2.05, 4.69) is 15.6 Å². The van der Waals surface area contributed by atoms with Crippen molar-refractivity contribution >= 4 is 22.5 Å². The van der Waals surface area contributed by atoms with Crippen LogP contribution in [0.1, 0.15) is 17.7 Å². The Morgan fingerprint density at radius 3 is 3.10 bits per heavy atom. The minimum absolute atomic E-state index is 0.0161. The Balaban J connectivity index is 1.98. The van der Waals surface area contributed by atoms with Crippen LogP contribution in [-0.4, -0.2) is 29.1 Å². The smallest absolute Gasteiger partial charge is 0.228 e. The average molecular weight is 285 g/mol. The van der Waals surface area contributed by atoms with Gasteiger partial charge in [-0.25, -0.2) is 0 Å². The molecule has 1 fully saturated rings. The molecule has 0 radical (unpaired) electrons. The van der Waals surface area contributed by atoms with Gasteiger partial charge in [0.1, 0.15) is 0 Å². The van der Waals surface area contributed by atoms with Crippen LogP contribution in [0.4, 0.5) is 5.69 Å². The second kappa shape index (κ2) is 5.79. The summed E-state index contributed by atoms with van der Waals surface area (Å²) in [4.78, 5) is 16.8. The third-order valence-electron chi connectivity index (χ3n) is 3.91. The molecule has 1 aliphatic rings. The number of carbonyl (C=O) groups is 1. The number of aromatic nitrogens is 1. The van der Waals surface area contributed by atoms with E-state index in [4.69, 9.17) is 0 Å². The molecule has 2 aromatic rings. The third kappa shape index (κ3) is 2.75. The number of nitrogens with zero attached hydrogens (tertiary/aromatic N) is 1. The summed E-state index contributed by atoms with van der Waals surface area (Å²) in [5, 5.41) is 16.5. The third-order valence-corrected chi connectivity index (χ3v) is 3.91. The zero-order valence-corrected chi connectivity index (χ0v) is 12.0. The highest BCUT2D eigenvalue weighted by atomic mass is 16.3. The van der Waals surface area contributed by atoms with E-state index in [9.17, 15) is 9.90 Å². The van der Waals surface area contributed by atoms with E-state index in [1.165, 1.54) is 0 Å². The molecule has 1 aromatic heterocycles. The lowest BCUT2D eigenvalue weighted by molar-refractivity contribution is -0.119. The Bertz CT molecular complexity index is 679. The Labute approximate surface area is 123 Å². The van der Waals surface area contributed by atoms with E-state index >= 15 is 0 Å². The topological polar surface area (TPSA) is 74.2 Å². The van der Waals surface area contributed by atoms with Crippen LogP contribution in [0, 0.1) is 12.8 Å². The van der Waals surface area contributed by atoms with Crippen molar-refractivity contribution in [1.82, 2.24) is 10.3 Å². The maximum atomic E-state index is 12.3. The fourth-order valence-corrected chi connectivity index (χ4v) is 2.81. The maximum absolute atomic E-state index is 12.3. The molecular weight excluding hydrogens is 266 g/mol. The molecule has 21 heavy (non-hydrogen) atoms. The fourth-order valence-electron chi connectivity index (χ4n) is 2.81. The first-order valence-corrected chi connectivity index (χ1v) is 7.20. The van der Waals surface area contributed by atoms with Crippen LogP contribution in [0.5, 0.6) is 0 Å². The molecule has 5 heteroatoms. The van der Waals surface area contributed by atoms with E-state index in [1.807, 2.05) is 31.2 Å². The highest BCUT2D eigenvalue weighted by Crippen LogP contribution is 2.26. The molecule has 2 heterocycles. The lowest BCUT2D eigenvalue weighted by atomic mass is 10.1. The summed E-state index contributed by atoms with van der Waals surface area (Å²) in [6.07, 6.45) is 0.866. The molecule has 0 saturated carbocycles. The standard InChI is InChI=1S/C16H19N3O2/c1-10-7-12(9-20)13-3-2-4-14(15(13)18-10)19-16(21)11-5-6-17-8-11/h2-4,7,11,17,20H,5-6,8-9H2,1H3,(H,19,21)/t11-/m0/s1. The second-order valence-corrected chi connectivity index (χ2v) is 5.46. The van der Waals surface area contributed by atoms with E-state index in [1.54, 1.807) is 0 Å². The van der Waals surface area contributed by atoms with Gasteiger partial charge in [0, 0.05) is 17.6 Å². The first-order valence-electron chi connectivity index (χ1n) is 7.20. The highest BCUT2D eigenvalue weighted by molar-refractivity contribution is 6.02. The molecule has 3 rings (SSSR count). The van der Waals surface area contributed by atoms with Crippen LogP contribution in [0.15, 0.2) is 24.3 Å². The molecule has 0 unspecified atom stereocenters. The fraction of sp³-hybridized carbons (Fsp3) is 0.375. The highest BCUT2D eigenvalue weighted by Gasteiger charge is 2.23. The van der Waals surface area contributed by atoms with Crippen molar-refractivity contribution in [2.24, 2.45) is 5.92 Å². The number of nitrogens with one attached hydrogen (secondary N) is 2. The first kappa shape index (κ1) is 14.0. The summed E-state index contributed by atoms with van der Waals surface area (Å²) in [7, 11) is 0. The number of fused-ring (bicyclic) bond motifs is 1. The van der Waals surface area contributed by atoms with Crippen LogP contribution in [0.25, 0.3) is 10.9 Å². The van der Waals surface area contributed by atoms with Crippen LogP contribution >= 0.6 is 0 Å². The van der Waals surface area contributed by atoms with Gasteiger partial charge >= 0.3 is 0 Å². The van der Waals surface area contributed by atoms with E-state index in [-0.39, 0.29) is 18.4 Å². The Hall–Kier alpha value is -1.98. The van der Waals surface area contributed by atoms with E-state index in [0.29, 0.717) is 5.69 Å². The molecule has 5 nitrogen and oxygen atoms in total. The Morgan fingerprint density at radius 2 is 2.38 bits per heavy atom. The number of aliphatic hydroxyl groups is 1. The maximum Gasteiger partial charge on any atom is 0.228 e. The van der Waals surface area contributed by atoms with Gasteiger partial charge in [-0.3, -0.25) is 9.78 Å². The van der Waals surface area contributed by atoms with Gasteiger partial charge in [-0.15, -0.1) is 0 Å². The zero-order chi connectivity index (χ0) is 14.8. The molecule has 0 bridgehead atoms. The number of rotatable bonds is 3. The summed E-state index contributed by atoms with van der Waals surface area (Å²) >= 11 is 0. The number of amides is 1. The monoisotopic (exact) mass is 285 g/mol. The predicted molar refractivity (Wildman–Crippen MR) is 82.0 cm³/mol. The summed E-state index contributed by atoms with van der Waals surface area (Å²) in [6.45, 7) is 3.46. The van der Waals surface area contributed by atoms with Crippen molar-refractivity contribution < 1.29 is 9.90 Å². The second-order valence-electron chi connectivity index (χ2n) is 5.46. The van der Waals surface area contributed by atoms with Gasteiger partial charge in [0.25, 0.3) is 0 Å². The van der Waals surface area contributed by atoms with Gasteiger partial charge in [0.05, 0.1) is 23.7 Å². The minimum atomic E-state index is -0.0379. The quantitative estimate of drug-likeness (QED) is 0.800. The summed E-state index contributed by atoms with van der Waals surface area (Å²) < 4.78 is 0. The molecule has 1 saturated heterocycles. The molecule has 3 N–H and O–H groups in total. The van der Waals surface area contributed by atoms with Gasteiger partial charge in [-0.1, -0.05) is 12.1 Å². The lowest BCUT2D eigenvalue weighted by Crippen LogP contribution is -2.24. The number of pyridine rings is 1. The molecule has 1 aliphatic heterocycles. The molecule has 0 spiro atoms. The van der Waals surface area contributed by atoms with E-state index < -0.39 is 0 Å². The van der Waals surface area contributed by atoms with Gasteiger partial charge in [0.2, 0.25) is 5.91 Å². The number of benzene rings is 1. The van der Waals surface area contributed by atoms with Crippen molar-refractivity contribution in [3.05, 3.63) is 35.5 Å². The van der Waals surface area contributed by atoms with Crippen molar-refractivity contribution in [1.29, 1.82) is 0 Å². The SMILES string of the molecule is Cc1cc(CO)c2cccc(NC(=O)[C@H]3CCNC3)c2n1. The number of hydrogen-bond donors (Lipinski definition) is 3. The number of aliphatic hydroxyl groups excluding tert-OH is 1. The number of hydrogen-bond acceptors (Lipinski definition) is 4. The van der Waals surface area contributed by atoms with Crippen LogP contribution < -0.4 is 10.6 Å². The van der Waals surface area contributed by atoms with Crippen molar-refractivity contribution in [3.63, 3.8) is 0 Å². The van der Waals surface area contributed by atoms with Crippen LogP contribution in [-0.2, 0) is 11.4 Å². The molecule has 0 aliphatic carbocycles. The molecule has 1 amide bonds. The number of aryl methyl sites for hydroxylation is 1. The number of anilines is 1. The molecule has 1 atom stereocenters. The van der Waals surface area contributed by atoms with Crippen molar-refractivity contribution in [2.75, 3.05) is 18.4 Å². The molecule has 110 valence electrons. The van der Waals surface area contributed by atoms with Crippen molar-refractivity contribution in [2.45, 2.75) is 20.0 Å². The summed E-state index contributed by atoms with van der Waals surface area (Å²) in [6, 6.07) is 7.52. The Kier molecular flexibility index (Phi) is 3.86. The van der Waals surface area contributed by atoms with Crippen molar-refractivity contribution in [3.8, 4) is 0 Å².